The number of carbonyl (C=O) groups excluding carboxylic acids is 1. The summed E-state index contributed by atoms with van der Waals surface area (Å²) < 4.78 is 5.11. The molecule has 98 valence electrons. The molecule has 0 spiro atoms. The molecule has 0 bridgehead atoms. The first-order valence-electron chi connectivity index (χ1n) is 6.23. The molecule has 1 saturated carbocycles. The molecule has 1 fully saturated rings. The van der Waals surface area contributed by atoms with Gasteiger partial charge in [0.1, 0.15) is 5.75 Å². The van der Waals surface area contributed by atoms with Crippen molar-refractivity contribution in [2.75, 3.05) is 19.0 Å². The first-order chi connectivity index (χ1) is 8.74. The van der Waals surface area contributed by atoms with Gasteiger partial charge in [-0.15, -0.1) is 0 Å². The highest BCUT2D eigenvalue weighted by Gasteiger charge is 2.31. The van der Waals surface area contributed by atoms with Crippen LogP contribution in [0.2, 0.25) is 0 Å². The number of ether oxygens (including phenoxy) is 1. The number of hydrogen-bond donors (Lipinski definition) is 0. The van der Waals surface area contributed by atoms with Crippen molar-refractivity contribution in [1.29, 1.82) is 0 Å². The molecule has 1 aromatic carbocycles. The van der Waals surface area contributed by atoms with E-state index in [9.17, 15) is 4.79 Å². The largest absolute Gasteiger partial charge is 0.497 e. The molecule has 0 atom stereocenters. The quantitative estimate of drug-likeness (QED) is 0.756. The molecule has 1 aliphatic rings. The Bertz CT molecular complexity index is 401. The van der Waals surface area contributed by atoms with Gasteiger partial charge in [0.15, 0.2) is 0 Å². The SMILES string of the molecule is COc1ccc(CC(=O)N(CCBr)C2CC2)cc1. The van der Waals surface area contributed by atoms with Crippen LogP contribution in [0.1, 0.15) is 18.4 Å². The zero-order valence-corrected chi connectivity index (χ0v) is 12.1. The summed E-state index contributed by atoms with van der Waals surface area (Å²) in [6.45, 7) is 0.805. The first kappa shape index (κ1) is 13.4. The van der Waals surface area contributed by atoms with Crippen LogP contribution in [-0.4, -0.2) is 35.8 Å². The summed E-state index contributed by atoms with van der Waals surface area (Å²) in [6.07, 6.45) is 2.79. The van der Waals surface area contributed by atoms with Gasteiger partial charge < -0.3 is 9.64 Å². The third-order valence-electron chi connectivity index (χ3n) is 3.15. The van der Waals surface area contributed by atoms with Crippen LogP contribution in [0.4, 0.5) is 0 Å². The van der Waals surface area contributed by atoms with Crippen molar-refractivity contribution in [2.45, 2.75) is 25.3 Å². The highest BCUT2D eigenvalue weighted by Crippen LogP contribution is 2.27. The third kappa shape index (κ3) is 3.48. The fraction of sp³-hybridized carbons (Fsp3) is 0.500. The molecule has 1 aromatic rings. The van der Waals surface area contributed by atoms with Crippen molar-refractivity contribution in [3.8, 4) is 5.75 Å². The zero-order valence-electron chi connectivity index (χ0n) is 10.6. The average molecular weight is 312 g/mol. The smallest absolute Gasteiger partial charge is 0.227 e. The van der Waals surface area contributed by atoms with E-state index in [2.05, 4.69) is 15.9 Å². The molecule has 2 rings (SSSR count). The van der Waals surface area contributed by atoms with Gasteiger partial charge in [-0.25, -0.2) is 0 Å². The van der Waals surface area contributed by atoms with Crippen molar-refractivity contribution in [3.63, 3.8) is 0 Å². The van der Waals surface area contributed by atoms with Crippen molar-refractivity contribution >= 4 is 21.8 Å². The lowest BCUT2D eigenvalue weighted by Crippen LogP contribution is -2.35. The number of nitrogens with zero attached hydrogens (tertiary/aromatic N) is 1. The van der Waals surface area contributed by atoms with Crippen LogP contribution in [-0.2, 0) is 11.2 Å². The molecule has 4 heteroatoms. The molecule has 0 aromatic heterocycles. The van der Waals surface area contributed by atoms with E-state index in [1.165, 1.54) is 0 Å². The van der Waals surface area contributed by atoms with Crippen LogP contribution in [0.25, 0.3) is 0 Å². The van der Waals surface area contributed by atoms with Crippen LogP contribution in [0, 0.1) is 0 Å². The minimum atomic E-state index is 0.224. The number of carbonyl (C=O) groups is 1. The molecule has 3 nitrogen and oxygen atoms in total. The standard InChI is InChI=1S/C14H18BrNO2/c1-18-13-6-2-11(3-7-13)10-14(17)16(9-8-15)12-4-5-12/h2-3,6-7,12H,4-5,8-10H2,1H3. The van der Waals surface area contributed by atoms with E-state index in [0.29, 0.717) is 12.5 Å². The molecular weight excluding hydrogens is 294 g/mol. The Morgan fingerprint density at radius 3 is 2.56 bits per heavy atom. The average Bonchev–Trinajstić information content (AvgIpc) is 3.21. The minimum absolute atomic E-state index is 0.224. The predicted octanol–water partition coefficient (Wildman–Crippen LogP) is 2.62. The molecule has 0 heterocycles. The second-order valence-electron chi connectivity index (χ2n) is 4.53. The number of rotatable bonds is 6. The maximum absolute atomic E-state index is 12.2. The fourth-order valence-electron chi connectivity index (χ4n) is 2.01. The van der Waals surface area contributed by atoms with E-state index < -0.39 is 0 Å². The second kappa shape index (κ2) is 6.23. The Labute approximate surface area is 116 Å². The number of alkyl halides is 1. The van der Waals surface area contributed by atoms with Gasteiger partial charge >= 0.3 is 0 Å². The summed E-state index contributed by atoms with van der Waals surface area (Å²) in [5.41, 5.74) is 1.04. The van der Waals surface area contributed by atoms with Crippen molar-refractivity contribution in [2.24, 2.45) is 0 Å². The van der Waals surface area contributed by atoms with Gasteiger partial charge in [-0.1, -0.05) is 28.1 Å². The van der Waals surface area contributed by atoms with Crippen molar-refractivity contribution in [3.05, 3.63) is 29.8 Å². The highest BCUT2D eigenvalue weighted by atomic mass is 79.9. The Morgan fingerprint density at radius 2 is 2.06 bits per heavy atom. The van der Waals surface area contributed by atoms with Gasteiger partial charge in [-0.05, 0) is 30.5 Å². The maximum Gasteiger partial charge on any atom is 0.227 e. The Balaban J connectivity index is 1.95. The number of benzene rings is 1. The lowest BCUT2D eigenvalue weighted by molar-refractivity contribution is -0.130. The van der Waals surface area contributed by atoms with Crippen LogP contribution in [0.15, 0.2) is 24.3 Å². The van der Waals surface area contributed by atoms with Gasteiger partial charge in [0.2, 0.25) is 5.91 Å². The van der Waals surface area contributed by atoms with Gasteiger partial charge in [0, 0.05) is 17.9 Å². The number of halogens is 1. The topological polar surface area (TPSA) is 29.5 Å². The Hall–Kier alpha value is -1.03. The molecule has 0 radical (unpaired) electrons. The van der Waals surface area contributed by atoms with E-state index in [4.69, 9.17) is 4.74 Å². The summed E-state index contributed by atoms with van der Waals surface area (Å²) in [7, 11) is 1.64. The molecule has 0 aliphatic heterocycles. The molecule has 1 aliphatic carbocycles. The third-order valence-corrected chi connectivity index (χ3v) is 3.50. The molecule has 0 N–H and O–H groups in total. The summed E-state index contributed by atoms with van der Waals surface area (Å²) in [6, 6.07) is 8.18. The van der Waals surface area contributed by atoms with Gasteiger partial charge in [-0.3, -0.25) is 4.79 Å². The molecular formula is C14H18BrNO2. The second-order valence-corrected chi connectivity index (χ2v) is 5.33. The van der Waals surface area contributed by atoms with Gasteiger partial charge in [-0.2, -0.15) is 0 Å². The van der Waals surface area contributed by atoms with E-state index >= 15 is 0 Å². The zero-order chi connectivity index (χ0) is 13.0. The van der Waals surface area contributed by atoms with E-state index in [1.807, 2.05) is 29.2 Å². The van der Waals surface area contributed by atoms with Crippen molar-refractivity contribution < 1.29 is 9.53 Å². The van der Waals surface area contributed by atoms with Crippen molar-refractivity contribution in [1.82, 2.24) is 4.90 Å². The summed E-state index contributed by atoms with van der Waals surface area (Å²) in [4.78, 5) is 14.2. The number of methoxy groups -OCH3 is 1. The monoisotopic (exact) mass is 311 g/mol. The molecule has 0 saturated heterocycles. The fourth-order valence-corrected chi connectivity index (χ4v) is 2.39. The molecule has 1 amide bonds. The van der Waals surface area contributed by atoms with E-state index in [1.54, 1.807) is 7.11 Å². The van der Waals surface area contributed by atoms with E-state index in [-0.39, 0.29) is 5.91 Å². The Morgan fingerprint density at radius 1 is 1.39 bits per heavy atom. The molecule has 0 unspecified atom stereocenters. The van der Waals surface area contributed by atoms with E-state index in [0.717, 1.165) is 36.0 Å². The van der Waals surface area contributed by atoms with Gasteiger partial charge in [0.25, 0.3) is 0 Å². The van der Waals surface area contributed by atoms with Gasteiger partial charge in [0.05, 0.1) is 13.5 Å². The highest BCUT2D eigenvalue weighted by molar-refractivity contribution is 9.09. The van der Waals surface area contributed by atoms with Crippen LogP contribution in [0.5, 0.6) is 5.75 Å². The van der Waals surface area contributed by atoms with Crippen LogP contribution < -0.4 is 4.74 Å². The summed E-state index contributed by atoms with van der Waals surface area (Å²) in [5.74, 6) is 1.05. The molecule has 18 heavy (non-hydrogen) atoms. The predicted molar refractivity (Wildman–Crippen MR) is 75.2 cm³/mol. The lowest BCUT2D eigenvalue weighted by Gasteiger charge is -2.21. The Kier molecular flexibility index (Phi) is 4.64. The normalized spacial score (nSPS) is 14.3. The number of hydrogen-bond acceptors (Lipinski definition) is 2. The lowest BCUT2D eigenvalue weighted by atomic mass is 10.1. The maximum atomic E-state index is 12.2. The van der Waals surface area contributed by atoms with Crippen LogP contribution in [0.3, 0.4) is 0 Å². The van der Waals surface area contributed by atoms with Crippen LogP contribution >= 0.6 is 15.9 Å². The minimum Gasteiger partial charge on any atom is -0.497 e. The summed E-state index contributed by atoms with van der Waals surface area (Å²) in [5, 5.41) is 0.845. The first-order valence-corrected chi connectivity index (χ1v) is 7.35. The number of amides is 1. The summed E-state index contributed by atoms with van der Waals surface area (Å²) >= 11 is 3.41.